The third-order valence-electron chi connectivity index (χ3n) is 4.39. The molecule has 0 saturated heterocycles. The van der Waals surface area contributed by atoms with Gasteiger partial charge in [0, 0.05) is 37.7 Å². The van der Waals surface area contributed by atoms with Crippen LogP contribution in [0.5, 0.6) is 0 Å². The quantitative estimate of drug-likeness (QED) is 0.212. The van der Waals surface area contributed by atoms with Crippen LogP contribution in [-0.4, -0.2) is 38.6 Å². The van der Waals surface area contributed by atoms with Gasteiger partial charge < -0.3 is 10.6 Å². The number of aromatic nitrogens is 4. The Morgan fingerprint density at radius 3 is 2.69 bits per heavy atom. The first kappa shape index (κ1) is 22.9. The number of guanidine groups is 1. The lowest BCUT2D eigenvalue weighted by atomic mass is 10.2. The summed E-state index contributed by atoms with van der Waals surface area (Å²) in [5, 5.41) is 15.5. The fraction of sp³-hybridized carbons (Fsp3) is 0.381. The molecule has 156 valence electrons. The highest BCUT2D eigenvalue weighted by molar-refractivity contribution is 14.0. The normalized spacial score (nSPS) is 11.2. The smallest absolute Gasteiger partial charge is 0.191 e. The summed E-state index contributed by atoms with van der Waals surface area (Å²) in [5.74, 6) is 0.834. The van der Waals surface area contributed by atoms with Crippen molar-refractivity contribution in [2.75, 3.05) is 13.1 Å². The molecule has 7 nitrogen and oxygen atoms in total. The zero-order chi connectivity index (χ0) is 19.8. The SMILES string of the molecule is CCNC(=NCc1cccc(-n2cccn2)c1)NCCCn1nc(C)cc1C.I. The van der Waals surface area contributed by atoms with Crippen LogP contribution in [0.2, 0.25) is 0 Å². The van der Waals surface area contributed by atoms with Crippen LogP contribution in [0.1, 0.15) is 30.3 Å². The summed E-state index contributed by atoms with van der Waals surface area (Å²) in [6, 6.07) is 12.3. The molecule has 0 fully saturated rings. The number of hydrogen-bond donors (Lipinski definition) is 2. The molecule has 0 unspecified atom stereocenters. The van der Waals surface area contributed by atoms with Crippen LogP contribution in [0, 0.1) is 13.8 Å². The van der Waals surface area contributed by atoms with Gasteiger partial charge in [0.25, 0.3) is 0 Å². The number of rotatable bonds is 8. The number of aryl methyl sites for hydroxylation is 3. The van der Waals surface area contributed by atoms with Gasteiger partial charge in [0.2, 0.25) is 0 Å². The van der Waals surface area contributed by atoms with E-state index in [9.17, 15) is 0 Å². The topological polar surface area (TPSA) is 72.1 Å². The summed E-state index contributed by atoms with van der Waals surface area (Å²) in [7, 11) is 0. The van der Waals surface area contributed by atoms with Crippen LogP contribution in [0.25, 0.3) is 5.69 Å². The highest BCUT2D eigenvalue weighted by atomic mass is 127. The standard InChI is InChI=1S/C21H29N7.HI/c1-4-22-21(23-10-6-12-27-18(3)14-17(2)26-27)24-16-19-8-5-9-20(15-19)28-13-7-11-25-28;/h5,7-9,11,13-15H,4,6,10,12,16H2,1-3H3,(H2,22,23,24);1H. The first-order valence-corrected chi connectivity index (χ1v) is 9.78. The molecule has 0 radical (unpaired) electrons. The average Bonchev–Trinajstić information content (AvgIpc) is 3.33. The summed E-state index contributed by atoms with van der Waals surface area (Å²) >= 11 is 0. The molecule has 0 spiro atoms. The van der Waals surface area contributed by atoms with Gasteiger partial charge in [0.15, 0.2) is 5.96 Å². The number of benzene rings is 1. The zero-order valence-electron chi connectivity index (χ0n) is 17.3. The van der Waals surface area contributed by atoms with Gasteiger partial charge in [-0.05, 0) is 57.0 Å². The van der Waals surface area contributed by atoms with E-state index in [1.165, 1.54) is 5.69 Å². The third-order valence-corrected chi connectivity index (χ3v) is 4.39. The minimum absolute atomic E-state index is 0. The highest BCUT2D eigenvalue weighted by Crippen LogP contribution is 2.10. The van der Waals surface area contributed by atoms with Gasteiger partial charge in [-0.3, -0.25) is 4.68 Å². The van der Waals surface area contributed by atoms with Crippen molar-refractivity contribution in [2.45, 2.75) is 40.3 Å². The predicted octanol–water partition coefficient (Wildman–Crippen LogP) is 3.45. The van der Waals surface area contributed by atoms with Crippen molar-refractivity contribution in [1.82, 2.24) is 30.2 Å². The fourth-order valence-electron chi connectivity index (χ4n) is 3.07. The predicted molar refractivity (Wildman–Crippen MR) is 128 cm³/mol. The monoisotopic (exact) mass is 507 g/mol. The molecule has 0 saturated carbocycles. The first-order valence-electron chi connectivity index (χ1n) is 9.78. The van der Waals surface area contributed by atoms with Crippen molar-refractivity contribution in [3.63, 3.8) is 0 Å². The second kappa shape index (κ2) is 11.6. The molecular formula is C21H30IN7. The molecule has 0 atom stereocenters. The van der Waals surface area contributed by atoms with Crippen LogP contribution in [0.3, 0.4) is 0 Å². The molecule has 2 N–H and O–H groups in total. The zero-order valence-corrected chi connectivity index (χ0v) is 19.6. The molecular weight excluding hydrogens is 477 g/mol. The molecule has 29 heavy (non-hydrogen) atoms. The van der Waals surface area contributed by atoms with E-state index in [-0.39, 0.29) is 24.0 Å². The number of nitrogens with zero attached hydrogens (tertiary/aromatic N) is 5. The summed E-state index contributed by atoms with van der Waals surface area (Å²) in [6.07, 6.45) is 4.71. The third kappa shape index (κ3) is 6.88. The lowest BCUT2D eigenvalue weighted by Crippen LogP contribution is -2.38. The molecule has 3 aromatic rings. The molecule has 0 bridgehead atoms. The Morgan fingerprint density at radius 1 is 1.14 bits per heavy atom. The minimum atomic E-state index is 0. The summed E-state index contributed by atoms with van der Waals surface area (Å²) in [5.41, 5.74) is 4.46. The molecule has 1 aromatic carbocycles. The van der Waals surface area contributed by atoms with Crippen molar-refractivity contribution >= 4 is 29.9 Å². The van der Waals surface area contributed by atoms with E-state index >= 15 is 0 Å². The maximum atomic E-state index is 4.71. The molecule has 0 aliphatic carbocycles. The molecule has 0 amide bonds. The van der Waals surface area contributed by atoms with E-state index in [0.29, 0.717) is 6.54 Å². The maximum Gasteiger partial charge on any atom is 0.191 e. The van der Waals surface area contributed by atoms with Crippen LogP contribution in [0.15, 0.2) is 53.8 Å². The van der Waals surface area contributed by atoms with E-state index in [0.717, 1.165) is 49.0 Å². The van der Waals surface area contributed by atoms with Gasteiger partial charge >= 0.3 is 0 Å². The molecule has 3 rings (SSSR count). The summed E-state index contributed by atoms with van der Waals surface area (Å²) < 4.78 is 3.91. The summed E-state index contributed by atoms with van der Waals surface area (Å²) in [6.45, 7) is 9.38. The van der Waals surface area contributed by atoms with Gasteiger partial charge in [-0.15, -0.1) is 24.0 Å². The van der Waals surface area contributed by atoms with Gasteiger partial charge in [0.05, 0.1) is 17.9 Å². The Balaban J connectivity index is 0.00000300. The number of hydrogen-bond acceptors (Lipinski definition) is 3. The minimum Gasteiger partial charge on any atom is -0.357 e. The number of aliphatic imine (C=N–C) groups is 1. The second-order valence-corrected chi connectivity index (χ2v) is 6.75. The van der Waals surface area contributed by atoms with E-state index in [2.05, 4.69) is 57.6 Å². The van der Waals surface area contributed by atoms with Crippen LogP contribution in [-0.2, 0) is 13.1 Å². The van der Waals surface area contributed by atoms with Crippen molar-refractivity contribution in [1.29, 1.82) is 0 Å². The molecule has 2 heterocycles. The van der Waals surface area contributed by atoms with Crippen LogP contribution >= 0.6 is 24.0 Å². The Morgan fingerprint density at radius 2 is 2.00 bits per heavy atom. The Kier molecular flexibility index (Phi) is 9.17. The highest BCUT2D eigenvalue weighted by Gasteiger charge is 2.02. The lowest BCUT2D eigenvalue weighted by molar-refractivity contribution is 0.555. The van der Waals surface area contributed by atoms with Gasteiger partial charge in [0.1, 0.15) is 0 Å². The summed E-state index contributed by atoms with van der Waals surface area (Å²) in [4.78, 5) is 4.71. The Bertz CT molecular complexity index is 900. The van der Waals surface area contributed by atoms with Gasteiger partial charge in [-0.1, -0.05) is 12.1 Å². The van der Waals surface area contributed by atoms with Crippen LogP contribution < -0.4 is 10.6 Å². The molecule has 8 heteroatoms. The first-order chi connectivity index (χ1) is 13.7. The van der Waals surface area contributed by atoms with Gasteiger partial charge in [-0.2, -0.15) is 10.2 Å². The maximum absolute atomic E-state index is 4.71. The van der Waals surface area contributed by atoms with E-state index in [1.807, 2.05) is 36.0 Å². The van der Waals surface area contributed by atoms with Gasteiger partial charge in [-0.25, -0.2) is 9.67 Å². The molecule has 0 aliphatic rings. The molecule has 2 aromatic heterocycles. The Labute approximate surface area is 189 Å². The van der Waals surface area contributed by atoms with Crippen LogP contribution in [0.4, 0.5) is 0 Å². The van der Waals surface area contributed by atoms with Crippen molar-refractivity contribution in [3.05, 3.63) is 65.7 Å². The van der Waals surface area contributed by atoms with E-state index in [4.69, 9.17) is 4.99 Å². The Hall–Kier alpha value is -2.36. The average molecular weight is 507 g/mol. The number of halogens is 1. The van der Waals surface area contributed by atoms with Crippen molar-refractivity contribution in [2.24, 2.45) is 4.99 Å². The lowest BCUT2D eigenvalue weighted by Gasteiger charge is -2.12. The van der Waals surface area contributed by atoms with E-state index in [1.54, 1.807) is 6.20 Å². The fourth-order valence-corrected chi connectivity index (χ4v) is 3.07. The number of nitrogens with one attached hydrogen (secondary N) is 2. The molecule has 0 aliphatic heterocycles. The van der Waals surface area contributed by atoms with Crippen molar-refractivity contribution < 1.29 is 0 Å². The van der Waals surface area contributed by atoms with Crippen molar-refractivity contribution in [3.8, 4) is 5.69 Å². The largest absolute Gasteiger partial charge is 0.357 e. The van der Waals surface area contributed by atoms with E-state index < -0.39 is 0 Å². The second-order valence-electron chi connectivity index (χ2n) is 6.75.